The number of aromatic nitrogens is 1. The number of aryl methyl sites for hydroxylation is 1. The molecule has 0 bridgehead atoms. The van der Waals surface area contributed by atoms with Gasteiger partial charge in [-0.2, -0.15) is 14.0 Å². The highest BCUT2D eigenvalue weighted by Gasteiger charge is 2.42. The fourth-order valence-corrected chi connectivity index (χ4v) is 3.44. The number of hydrogen-bond donors (Lipinski definition) is 1. The lowest BCUT2D eigenvalue weighted by Crippen LogP contribution is -2.33. The van der Waals surface area contributed by atoms with Crippen LogP contribution in [0, 0.1) is 11.3 Å². The van der Waals surface area contributed by atoms with Crippen LogP contribution in [0.4, 0.5) is 18.9 Å². The highest BCUT2D eigenvalue weighted by atomic mass is 35.5. The number of nitriles is 1. The molecule has 0 saturated heterocycles. The smallest absolute Gasteiger partial charge is 0.427 e. The molecule has 0 aliphatic rings. The number of halogens is 4. The van der Waals surface area contributed by atoms with Gasteiger partial charge in [-0.3, -0.25) is 0 Å². The fourth-order valence-electron chi connectivity index (χ4n) is 2.60. The summed E-state index contributed by atoms with van der Waals surface area (Å²) in [6, 6.07) is 15.7. The molecule has 0 amide bonds. The van der Waals surface area contributed by atoms with E-state index < -0.39 is 11.7 Å². The van der Waals surface area contributed by atoms with Crippen LogP contribution < -0.4 is 10.1 Å². The number of nitrogens with zero attached hydrogens (tertiary/aromatic N) is 2. The van der Waals surface area contributed by atoms with E-state index in [9.17, 15) is 18.4 Å². The van der Waals surface area contributed by atoms with E-state index in [2.05, 4.69) is 22.0 Å². The van der Waals surface area contributed by atoms with Crippen LogP contribution in [0.25, 0.3) is 16.8 Å². The second-order valence-electron chi connectivity index (χ2n) is 6.36. The molecule has 31 heavy (non-hydrogen) atoms. The van der Waals surface area contributed by atoms with Gasteiger partial charge in [-0.25, -0.2) is 9.37 Å². The maximum absolute atomic E-state index is 13.5. The monoisotopic (exact) mass is 463 g/mol. The zero-order valence-corrected chi connectivity index (χ0v) is 17.9. The molecule has 9 heteroatoms. The molecule has 2 aromatic carbocycles. The average molecular weight is 464 g/mol. The molecule has 1 aromatic heterocycles. The van der Waals surface area contributed by atoms with Crippen molar-refractivity contribution in [3.05, 3.63) is 70.7 Å². The summed E-state index contributed by atoms with van der Waals surface area (Å²) in [7, 11) is 0. The van der Waals surface area contributed by atoms with Crippen LogP contribution in [0.3, 0.4) is 0 Å². The molecule has 1 atom stereocenters. The minimum Gasteiger partial charge on any atom is -0.427 e. The van der Waals surface area contributed by atoms with Gasteiger partial charge in [-0.15, -0.1) is 11.3 Å². The van der Waals surface area contributed by atoms with E-state index in [4.69, 9.17) is 11.6 Å². The molecule has 0 spiro atoms. The first-order valence-electron chi connectivity index (χ1n) is 9.20. The molecule has 0 aliphatic heterocycles. The van der Waals surface area contributed by atoms with Gasteiger partial charge in [0.15, 0.2) is 0 Å². The van der Waals surface area contributed by atoms with E-state index in [0.29, 0.717) is 5.01 Å². The summed E-state index contributed by atoms with van der Waals surface area (Å²) in [6.07, 6.45) is -1.95. The number of ether oxygens (including phenoxy) is 1. The van der Waals surface area contributed by atoms with Crippen LogP contribution in [0.2, 0.25) is 0 Å². The van der Waals surface area contributed by atoms with Crippen molar-refractivity contribution < 1.29 is 17.9 Å². The Hall–Kier alpha value is -3.02. The van der Waals surface area contributed by atoms with E-state index in [1.807, 2.05) is 35.7 Å². The van der Waals surface area contributed by atoms with Crippen LogP contribution in [0.1, 0.15) is 17.5 Å². The highest BCUT2D eigenvalue weighted by Crippen LogP contribution is 2.34. The van der Waals surface area contributed by atoms with Gasteiger partial charge in [-0.05, 0) is 24.1 Å². The zero-order chi connectivity index (χ0) is 22.4. The van der Waals surface area contributed by atoms with Crippen molar-refractivity contribution in [1.29, 1.82) is 5.26 Å². The Balaban J connectivity index is 1.81. The first kappa shape index (κ1) is 22.7. The van der Waals surface area contributed by atoms with Crippen molar-refractivity contribution in [2.45, 2.75) is 25.1 Å². The number of allylic oxidation sites excluding steroid dienone is 1. The molecule has 0 radical (unpaired) electrons. The van der Waals surface area contributed by atoms with Crippen molar-refractivity contribution in [3.8, 4) is 23.1 Å². The lowest BCUT2D eigenvalue weighted by molar-refractivity contribution is -0.198. The molecule has 3 aromatic rings. The normalized spacial score (nSPS) is 12.8. The number of rotatable bonds is 8. The largest absolute Gasteiger partial charge is 0.444 e. The highest BCUT2D eigenvalue weighted by molar-refractivity contribution is 7.11. The van der Waals surface area contributed by atoms with Crippen LogP contribution in [0.5, 0.6) is 5.75 Å². The quantitative estimate of drug-likeness (QED) is 0.293. The van der Waals surface area contributed by atoms with Gasteiger partial charge in [0, 0.05) is 17.1 Å². The Labute approximate surface area is 186 Å². The molecule has 0 aliphatic carbocycles. The first-order valence-corrected chi connectivity index (χ1v) is 10.5. The number of thiazole rings is 1. The van der Waals surface area contributed by atoms with Crippen LogP contribution in [0.15, 0.2) is 60.1 Å². The summed E-state index contributed by atoms with van der Waals surface area (Å²) in [4.78, 5) is 4.49. The van der Waals surface area contributed by atoms with Crippen molar-refractivity contribution in [1.82, 2.24) is 4.98 Å². The van der Waals surface area contributed by atoms with Crippen LogP contribution in [-0.4, -0.2) is 16.7 Å². The van der Waals surface area contributed by atoms with E-state index in [-0.39, 0.29) is 17.0 Å². The molecule has 160 valence electrons. The second-order valence-corrected chi connectivity index (χ2v) is 7.60. The van der Waals surface area contributed by atoms with Gasteiger partial charge in [0.2, 0.25) is 0 Å². The molecular formula is C22H17ClF3N3OS. The molecule has 0 fully saturated rings. The van der Waals surface area contributed by atoms with E-state index in [0.717, 1.165) is 17.7 Å². The predicted octanol–water partition coefficient (Wildman–Crippen LogP) is 6.86. The van der Waals surface area contributed by atoms with Gasteiger partial charge >= 0.3 is 6.11 Å². The summed E-state index contributed by atoms with van der Waals surface area (Å²) >= 11 is 6.13. The Morgan fingerprint density at radius 1 is 1.29 bits per heavy atom. The van der Waals surface area contributed by atoms with Gasteiger partial charge in [-0.1, -0.05) is 54.9 Å². The lowest BCUT2D eigenvalue weighted by Gasteiger charge is -2.19. The van der Waals surface area contributed by atoms with Crippen molar-refractivity contribution in [2.75, 3.05) is 5.32 Å². The summed E-state index contributed by atoms with van der Waals surface area (Å²) in [5, 5.41) is 14.6. The first-order chi connectivity index (χ1) is 14.8. The number of anilines is 1. The summed E-state index contributed by atoms with van der Waals surface area (Å²) in [5.41, 5.74) is 0.158. The van der Waals surface area contributed by atoms with Gasteiger partial charge in [0.1, 0.15) is 22.4 Å². The minimum absolute atomic E-state index is 0.110. The molecule has 3 rings (SSSR count). The molecule has 1 unspecified atom stereocenters. The second kappa shape index (κ2) is 9.86. The van der Waals surface area contributed by atoms with Crippen molar-refractivity contribution in [3.63, 3.8) is 0 Å². The molecule has 1 N–H and O–H groups in total. The Morgan fingerprint density at radius 3 is 2.65 bits per heavy atom. The summed E-state index contributed by atoms with van der Waals surface area (Å²) in [6.45, 7) is 2.07. The standard InChI is InChI=1S/C22H17ClF3N3OS/c1-2-14-7-9-15(10-8-14)18-13-31-20(29-18)16(11-27)12-28-17-5-3-4-6-19(17)30-22(25,26)21(23)24/h3-10,12-13,21,28H,2H2,1H3. The van der Waals surface area contributed by atoms with Crippen molar-refractivity contribution >= 4 is 34.2 Å². The molecule has 1 heterocycles. The van der Waals surface area contributed by atoms with E-state index in [1.54, 1.807) is 6.07 Å². The summed E-state index contributed by atoms with van der Waals surface area (Å²) < 4.78 is 44.3. The molecule has 4 nitrogen and oxygen atoms in total. The third kappa shape index (κ3) is 5.57. The van der Waals surface area contributed by atoms with E-state index >= 15 is 0 Å². The average Bonchev–Trinajstić information content (AvgIpc) is 3.25. The maximum Gasteiger partial charge on any atom is 0.444 e. The Morgan fingerprint density at radius 2 is 2.00 bits per heavy atom. The Bertz CT molecular complexity index is 1110. The number of nitrogens with one attached hydrogen (secondary N) is 1. The number of para-hydroxylation sites is 2. The van der Waals surface area contributed by atoms with E-state index in [1.165, 1.54) is 41.3 Å². The minimum atomic E-state index is -4.21. The third-order valence-corrected chi connectivity index (χ3v) is 5.40. The zero-order valence-electron chi connectivity index (χ0n) is 16.3. The number of benzene rings is 2. The van der Waals surface area contributed by atoms with Crippen molar-refractivity contribution in [2.24, 2.45) is 0 Å². The van der Waals surface area contributed by atoms with Gasteiger partial charge < -0.3 is 10.1 Å². The molecular weight excluding hydrogens is 447 g/mol. The lowest BCUT2D eigenvalue weighted by atomic mass is 10.1. The van der Waals surface area contributed by atoms with Crippen LogP contribution >= 0.6 is 22.9 Å². The SMILES string of the molecule is CCc1ccc(-c2csc(C(C#N)=CNc3ccccc3OC(F)(F)C(F)Cl)n2)cc1. The fraction of sp³-hybridized carbons (Fsp3) is 0.182. The third-order valence-electron chi connectivity index (χ3n) is 4.27. The van der Waals surface area contributed by atoms with Gasteiger partial charge in [0.05, 0.1) is 11.4 Å². The topological polar surface area (TPSA) is 57.9 Å². The number of hydrogen-bond acceptors (Lipinski definition) is 5. The predicted molar refractivity (Wildman–Crippen MR) is 117 cm³/mol. The summed E-state index contributed by atoms with van der Waals surface area (Å²) in [5.74, 6) is -0.319. The Kier molecular flexibility index (Phi) is 7.21. The maximum atomic E-state index is 13.5. The number of alkyl halides is 4. The van der Waals surface area contributed by atoms with Crippen LogP contribution in [-0.2, 0) is 6.42 Å². The van der Waals surface area contributed by atoms with Gasteiger partial charge in [0.25, 0.3) is 5.63 Å². The molecule has 0 saturated carbocycles.